The van der Waals surface area contributed by atoms with Crippen LogP contribution in [0.5, 0.6) is 6.01 Å². The van der Waals surface area contributed by atoms with Gasteiger partial charge in [-0.1, -0.05) is 35.5 Å². The Hall–Kier alpha value is -2.50. The van der Waals surface area contributed by atoms with Gasteiger partial charge in [0.25, 0.3) is 0 Å². The normalized spacial score (nSPS) is 10.8. The highest BCUT2D eigenvalue weighted by molar-refractivity contribution is 5.52. The number of oxime groups is 1. The molecule has 1 aromatic heterocycles. The van der Waals surface area contributed by atoms with Gasteiger partial charge in [0.1, 0.15) is 0 Å². The minimum absolute atomic E-state index is 0.0133. The van der Waals surface area contributed by atoms with Crippen molar-refractivity contribution in [3.63, 3.8) is 0 Å². The van der Waals surface area contributed by atoms with Crippen LogP contribution in [0.3, 0.4) is 0 Å². The van der Waals surface area contributed by atoms with Gasteiger partial charge in [0.05, 0.1) is 6.20 Å². The van der Waals surface area contributed by atoms with Gasteiger partial charge in [-0.2, -0.15) is 9.97 Å². The van der Waals surface area contributed by atoms with E-state index in [1.807, 2.05) is 30.3 Å². The monoisotopic (exact) mass is 274 g/mol. The van der Waals surface area contributed by atoms with Crippen molar-refractivity contribution in [3.05, 3.63) is 47.9 Å². The van der Waals surface area contributed by atoms with E-state index in [0.29, 0.717) is 6.54 Å². The molecule has 104 valence electrons. The van der Waals surface area contributed by atoms with Gasteiger partial charge in [-0.15, -0.1) is 0 Å². The largest absolute Gasteiger partial charge is 0.353 e. The fraction of sp³-hybridized carbons (Fsp3) is 0.214. The maximum atomic E-state index is 13.8. The molecular formula is C14H15FN4O. The zero-order valence-electron chi connectivity index (χ0n) is 11.3. The Morgan fingerprint density at radius 1 is 1.35 bits per heavy atom. The minimum Gasteiger partial charge on any atom is -0.353 e. The van der Waals surface area contributed by atoms with Gasteiger partial charge in [-0.05, 0) is 12.5 Å². The van der Waals surface area contributed by atoms with Crippen LogP contribution in [0, 0.1) is 5.82 Å². The Labute approximate surface area is 116 Å². The Morgan fingerprint density at radius 3 is 2.80 bits per heavy atom. The first-order valence-electron chi connectivity index (χ1n) is 6.13. The zero-order valence-corrected chi connectivity index (χ0v) is 11.3. The smallest absolute Gasteiger partial charge is 0.347 e. The van der Waals surface area contributed by atoms with Crippen molar-refractivity contribution in [2.24, 2.45) is 5.16 Å². The summed E-state index contributed by atoms with van der Waals surface area (Å²) in [6.45, 7) is 2.23. The highest BCUT2D eigenvalue weighted by atomic mass is 19.1. The Kier molecular flexibility index (Phi) is 4.60. The van der Waals surface area contributed by atoms with Crippen molar-refractivity contribution in [2.45, 2.75) is 13.5 Å². The first-order chi connectivity index (χ1) is 9.70. The fourth-order valence-electron chi connectivity index (χ4n) is 1.69. The molecule has 0 fully saturated rings. The molecule has 0 radical (unpaired) electrons. The van der Waals surface area contributed by atoms with Crippen LogP contribution in [-0.4, -0.2) is 23.2 Å². The second-order valence-electron chi connectivity index (χ2n) is 4.12. The predicted molar refractivity (Wildman–Crippen MR) is 75.3 cm³/mol. The summed E-state index contributed by atoms with van der Waals surface area (Å²) in [6.07, 6.45) is 2.53. The number of benzene rings is 1. The molecular weight excluding hydrogens is 259 g/mol. The highest BCUT2D eigenvalue weighted by Crippen LogP contribution is 2.19. The molecule has 0 aliphatic rings. The average molecular weight is 274 g/mol. The summed E-state index contributed by atoms with van der Waals surface area (Å²) in [5.74, 6) is -0.332. The van der Waals surface area contributed by atoms with Crippen LogP contribution in [0.25, 0.3) is 0 Å². The van der Waals surface area contributed by atoms with Crippen molar-refractivity contribution < 1.29 is 9.23 Å². The second kappa shape index (κ2) is 6.60. The molecule has 0 bridgehead atoms. The van der Waals surface area contributed by atoms with Gasteiger partial charge in [-0.3, -0.25) is 0 Å². The van der Waals surface area contributed by atoms with Crippen LogP contribution in [0.2, 0.25) is 0 Å². The number of rotatable bonds is 5. The van der Waals surface area contributed by atoms with Gasteiger partial charge in [0.15, 0.2) is 11.6 Å². The fourth-order valence-corrected chi connectivity index (χ4v) is 1.69. The van der Waals surface area contributed by atoms with Crippen molar-refractivity contribution in [1.29, 1.82) is 0 Å². The van der Waals surface area contributed by atoms with Crippen LogP contribution < -0.4 is 9.74 Å². The van der Waals surface area contributed by atoms with Crippen LogP contribution >= 0.6 is 0 Å². The number of aromatic nitrogens is 2. The number of anilines is 1. The molecule has 1 heterocycles. The van der Waals surface area contributed by atoms with Crippen molar-refractivity contribution >= 4 is 12.0 Å². The molecule has 0 spiro atoms. The molecule has 0 N–H and O–H groups in total. The number of nitrogens with zero attached hydrogens (tertiary/aromatic N) is 4. The van der Waals surface area contributed by atoms with E-state index in [1.54, 1.807) is 18.9 Å². The molecule has 1 aromatic carbocycles. The molecule has 0 aliphatic carbocycles. The number of halogens is 1. The number of hydrogen-bond acceptors (Lipinski definition) is 5. The lowest BCUT2D eigenvalue weighted by atomic mass is 10.2. The predicted octanol–water partition coefficient (Wildman–Crippen LogP) is 2.64. The summed E-state index contributed by atoms with van der Waals surface area (Å²) < 4.78 is 13.8. The first kappa shape index (κ1) is 13.9. The average Bonchev–Trinajstić information content (AvgIpc) is 2.47. The molecule has 0 aliphatic heterocycles. The molecule has 20 heavy (non-hydrogen) atoms. The lowest BCUT2D eigenvalue weighted by Crippen LogP contribution is -2.19. The van der Waals surface area contributed by atoms with Crippen LogP contribution in [0.1, 0.15) is 12.5 Å². The summed E-state index contributed by atoms with van der Waals surface area (Å²) in [4.78, 5) is 14.3. The SMILES string of the molecule is C/C=N/Oc1ncc(F)c(N(C)Cc2ccccc2)n1. The topological polar surface area (TPSA) is 50.6 Å². The Balaban J connectivity index is 2.18. The maximum absolute atomic E-state index is 13.8. The third-order valence-electron chi connectivity index (χ3n) is 2.57. The Bertz CT molecular complexity index is 589. The van der Waals surface area contributed by atoms with E-state index in [4.69, 9.17) is 4.84 Å². The minimum atomic E-state index is -0.503. The molecule has 0 saturated heterocycles. The maximum Gasteiger partial charge on any atom is 0.347 e. The molecule has 5 nitrogen and oxygen atoms in total. The van der Waals surface area contributed by atoms with Crippen LogP contribution in [0.15, 0.2) is 41.7 Å². The van der Waals surface area contributed by atoms with Gasteiger partial charge in [-0.25, -0.2) is 4.39 Å². The lowest BCUT2D eigenvalue weighted by Gasteiger charge is -2.18. The summed E-state index contributed by atoms with van der Waals surface area (Å²) >= 11 is 0. The summed E-state index contributed by atoms with van der Waals surface area (Å²) in [5.41, 5.74) is 1.06. The van der Waals surface area contributed by atoms with E-state index in [2.05, 4.69) is 15.1 Å². The summed E-state index contributed by atoms with van der Waals surface area (Å²) in [6, 6.07) is 9.75. The van der Waals surface area contributed by atoms with Crippen molar-refractivity contribution in [2.75, 3.05) is 11.9 Å². The van der Waals surface area contributed by atoms with E-state index in [1.165, 1.54) is 6.21 Å². The highest BCUT2D eigenvalue weighted by Gasteiger charge is 2.12. The van der Waals surface area contributed by atoms with E-state index >= 15 is 0 Å². The van der Waals surface area contributed by atoms with Crippen LogP contribution in [0.4, 0.5) is 10.2 Å². The van der Waals surface area contributed by atoms with Crippen LogP contribution in [-0.2, 0) is 6.54 Å². The third kappa shape index (κ3) is 3.50. The van der Waals surface area contributed by atoms with E-state index in [-0.39, 0.29) is 11.8 Å². The summed E-state index contributed by atoms with van der Waals surface area (Å²) in [7, 11) is 1.76. The van der Waals surface area contributed by atoms with Gasteiger partial charge in [0, 0.05) is 19.8 Å². The quantitative estimate of drug-likeness (QED) is 0.621. The zero-order chi connectivity index (χ0) is 14.4. The standard InChI is InChI=1S/C14H15FN4O/c1-3-17-20-14-16-9-12(15)13(18-14)19(2)10-11-7-5-4-6-8-11/h3-9H,10H2,1-2H3/b17-3+. The second-order valence-corrected chi connectivity index (χ2v) is 4.12. The van der Waals surface area contributed by atoms with E-state index < -0.39 is 5.82 Å². The number of hydrogen-bond donors (Lipinski definition) is 0. The molecule has 0 atom stereocenters. The van der Waals surface area contributed by atoms with Gasteiger partial charge < -0.3 is 9.74 Å². The Morgan fingerprint density at radius 2 is 2.10 bits per heavy atom. The van der Waals surface area contributed by atoms with Crippen molar-refractivity contribution in [3.8, 4) is 6.01 Å². The molecule has 2 rings (SSSR count). The molecule has 6 heteroatoms. The lowest BCUT2D eigenvalue weighted by molar-refractivity contribution is 0.313. The van der Waals surface area contributed by atoms with Gasteiger partial charge in [0.2, 0.25) is 0 Å². The molecule has 0 unspecified atom stereocenters. The van der Waals surface area contributed by atoms with Crippen molar-refractivity contribution in [1.82, 2.24) is 9.97 Å². The van der Waals surface area contributed by atoms with Gasteiger partial charge >= 0.3 is 6.01 Å². The molecule has 2 aromatic rings. The molecule has 0 amide bonds. The third-order valence-corrected chi connectivity index (χ3v) is 2.57. The van der Waals surface area contributed by atoms with E-state index in [9.17, 15) is 4.39 Å². The first-order valence-corrected chi connectivity index (χ1v) is 6.13. The molecule has 0 saturated carbocycles. The summed E-state index contributed by atoms with van der Waals surface area (Å²) in [5, 5.41) is 3.57. The van der Waals surface area contributed by atoms with E-state index in [0.717, 1.165) is 11.8 Å².